The van der Waals surface area contributed by atoms with E-state index in [-0.39, 0.29) is 0 Å². The van der Waals surface area contributed by atoms with Crippen molar-refractivity contribution in [3.8, 4) is 0 Å². The van der Waals surface area contributed by atoms with Gasteiger partial charge in [0.2, 0.25) is 0 Å². The molecule has 1 heterocycles. The van der Waals surface area contributed by atoms with Gasteiger partial charge in [-0.25, -0.2) is 0 Å². The van der Waals surface area contributed by atoms with E-state index in [1.54, 1.807) is 0 Å². The van der Waals surface area contributed by atoms with Crippen LogP contribution in [-0.2, 0) is 0 Å². The fourth-order valence-corrected chi connectivity index (χ4v) is 5.20. The van der Waals surface area contributed by atoms with Gasteiger partial charge in [0.15, 0.2) is 0 Å². The van der Waals surface area contributed by atoms with Crippen molar-refractivity contribution in [2.24, 2.45) is 0 Å². The van der Waals surface area contributed by atoms with Crippen LogP contribution in [0.15, 0.2) is 23.8 Å². The molecule has 0 N–H and O–H groups in total. The first-order valence-corrected chi connectivity index (χ1v) is 6.86. The molecule has 0 saturated carbocycles. The Bertz CT molecular complexity index is 148. The molecule has 1 aliphatic heterocycles. The lowest BCUT2D eigenvalue weighted by Crippen LogP contribution is -1.95. The van der Waals surface area contributed by atoms with Crippen LogP contribution in [0.5, 0.6) is 0 Å². The van der Waals surface area contributed by atoms with E-state index in [1.807, 2.05) is 0 Å². The standard InChI is InChI=1S/C10H18P/c1-3-7-11(8-4-2)9-5-6-10-11/h5-6,9-10H,3-4,7-8H2,1-2H3. The third kappa shape index (κ3) is 2.17. The Labute approximate surface area is 70.7 Å². The minimum Gasteiger partial charge on any atom is -0.0848 e. The van der Waals surface area contributed by atoms with Crippen LogP contribution in [0.25, 0.3) is 0 Å². The van der Waals surface area contributed by atoms with Crippen LogP contribution in [0.2, 0.25) is 0 Å². The molecular formula is C10H18P. The molecule has 1 aliphatic rings. The molecule has 63 valence electrons. The van der Waals surface area contributed by atoms with Gasteiger partial charge in [-0.15, -0.1) is 0 Å². The van der Waals surface area contributed by atoms with Crippen molar-refractivity contribution in [2.45, 2.75) is 26.7 Å². The summed E-state index contributed by atoms with van der Waals surface area (Å²) in [6, 6.07) is 0. The van der Waals surface area contributed by atoms with Crippen molar-refractivity contribution >= 4 is 7.26 Å². The second-order valence-corrected chi connectivity index (χ2v) is 6.93. The Morgan fingerprint density at radius 3 is 1.73 bits per heavy atom. The number of allylic oxidation sites excluding steroid dienone is 2. The van der Waals surface area contributed by atoms with Gasteiger partial charge in [-0.2, -0.15) is 0 Å². The number of hydrogen-bond acceptors (Lipinski definition) is 0. The van der Waals surface area contributed by atoms with Crippen LogP contribution >= 0.6 is 7.26 Å². The van der Waals surface area contributed by atoms with Gasteiger partial charge >= 0.3 is 0 Å². The summed E-state index contributed by atoms with van der Waals surface area (Å²) in [5, 5.41) is 0. The SMILES string of the molecule is CCC[P]1(CCC)C=CC=C1. The average Bonchev–Trinajstić information content (AvgIpc) is 2.39. The van der Waals surface area contributed by atoms with Gasteiger partial charge in [-0.3, -0.25) is 0 Å². The lowest BCUT2D eigenvalue weighted by Gasteiger charge is -2.26. The van der Waals surface area contributed by atoms with Gasteiger partial charge in [0.25, 0.3) is 0 Å². The Balaban J connectivity index is 2.56. The third-order valence-electron chi connectivity index (χ3n) is 2.16. The van der Waals surface area contributed by atoms with E-state index in [4.69, 9.17) is 0 Å². The zero-order valence-electron chi connectivity index (χ0n) is 7.59. The molecule has 0 fully saturated rings. The lowest BCUT2D eigenvalue weighted by atomic mass is 10.6. The molecule has 0 unspecified atom stereocenters. The van der Waals surface area contributed by atoms with Crippen molar-refractivity contribution in [3.63, 3.8) is 0 Å². The summed E-state index contributed by atoms with van der Waals surface area (Å²) in [5.41, 5.74) is 0. The van der Waals surface area contributed by atoms with Crippen LogP contribution in [0.3, 0.4) is 0 Å². The zero-order chi connectivity index (χ0) is 8.16. The summed E-state index contributed by atoms with van der Waals surface area (Å²) >= 11 is 0. The summed E-state index contributed by atoms with van der Waals surface area (Å²) in [4.78, 5) is 0. The largest absolute Gasteiger partial charge is 0.0848 e. The van der Waals surface area contributed by atoms with Crippen LogP contribution in [0.4, 0.5) is 0 Å². The van der Waals surface area contributed by atoms with E-state index in [1.165, 1.54) is 25.2 Å². The maximum atomic E-state index is 2.47. The molecule has 1 heteroatoms. The predicted octanol–water partition coefficient (Wildman–Crippen LogP) is 3.87. The molecule has 11 heavy (non-hydrogen) atoms. The zero-order valence-corrected chi connectivity index (χ0v) is 8.48. The highest BCUT2D eigenvalue weighted by Crippen LogP contribution is 2.64. The molecule has 0 spiro atoms. The topological polar surface area (TPSA) is 0 Å². The Morgan fingerprint density at radius 2 is 1.36 bits per heavy atom. The number of rotatable bonds is 4. The Morgan fingerprint density at radius 1 is 0.909 bits per heavy atom. The van der Waals surface area contributed by atoms with Crippen LogP contribution in [-0.4, -0.2) is 12.3 Å². The molecular weight excluding hydrogens is 151 g/mol. The first-order valence-electron chi connectivity index (χ1n) is 4.56. The van der Waals surface area contributed by atoms with Gasteiger partial charge < -0.3 is 0 Å². The fraction of sp³-hybridized carbons (Fsp3) is 0.600. The molecule has 1 rings (SSSR count). The van der Waals surface area contributed by atoms with Crippen molar-refractivity contribution in [3.05, 3.63) is 23.8 Å². The Hall–Kier alpha value is -0.0900. The van der Waals surface area contributed by atoms with E-state index < -0.39 is 7.26 Å². The van der Waals surface area contributed by atoms with Crippen LogP contribution in [0.1, 0.15) is 26.7 Å². The van der Waals surface area contributed by atoms with Crippen LogP contribution in [0, 0.1) is 0 Å². The van der Waals surface area contributed by atoms with E-state index in [0.29, 0.717) is 0 Å². The lowest BCUT2D eigenvalue weighted by molar-refractivity contribution is 1.05. The summed E-state index contributed by atoms with van der Waals surface area (Å²) < 4.78 is 0. The van der Waals surface area contributed by atoms with Crippen molar-refractivity contribution < 1.29 is 0 Å². The van der Waals surface area contributed by atoms with E-state index in [9.17, 15) is 0 Å². The van der Waals surface area contributed by atoms with Crippen molar-refractivity contribution in [1.29, 1.82) is 0 Å². The highest BCUT2D eigenvalue weighted by molar-refractivity contribution is 7.81. The van der Waals surface area contributed by atoms with Gasteiger partial charge in [0.1, 0.15) is 0 Å². The van der Waals surface area contributed by atoms with Crippen LogP contribution < -0.4 is 0 Å². The van der Waals surface area contributed by atoms with Gasteiger partial charge in [-0.1, -0.05) is 57.7 Å². The second kappa shape index (κ2) is 4.07. The normalized spacial score (nSPS) is 19.5. The predicted molar refractivity (Wildman–Crippen MR) is 55.5 cm³/mol. The number of hydrogen-bond donors (Lipinski definition) is 0. The third-order valence-corrected chi connectivity index (χ3v) is 6.25. The van der Waals surface area contributed by atoms with Gasteiger partial charge in [-0.05, 0) is 12.3 Å². The highest BCUT2D eigenvalue weighted by atomic mass is 31.2. The summed E-state index contributed by atoms with van der Waals surface area (Å²) in [5.74, 6) is 4.94. The first-order chi connectivity index (χ1) is 5.33. The van der Waals surface area contributed by atoms with E-state index in [0.717, 1.165) is 0 Å². The Kier molecular flexibility index (Phi) is 3.33. The molecule has 0 aromatic heterocycles. The minimum absolute atomic E-state index is 0.708. The van der Waals surface area contributed by atoms with Gasteiger partial charge in [0.05, 0.1) is 0 Å². The molecule has 0 bridgehead atoms. The van der Waals surface area contributed by atoms with Crippen molar-refractivity contribution in [1.82, 2.24) is 0 Å². The van der Waals surface area contributed by atoms with Crippen molar-refractivity contribution in [2.75, 3.05) is 12.3 Å². The first kappa shape index (κ1) is 9.00. The summed E-state index contributed by atoms with van der Waals surface area (Å²) in [7, 11) is -0.708. The average molecular weight is 169 g/mol. The molecule has 1 radical (unpaired) electrons. The highest BCUT2D eigenvalue weighted by Gasteiger charge is 2.20. The molecule has 0 aromatic rings. The monoisotopic (exact) mass is 169 g/mol. The van der Waals surface area contributed by atoms with E-state index in [2.05, 4.69) is 37.6 Å². The maximum absolute atomic E-state index is 2.47. The smallest absolute Gasteiger partial charge is 0.0297 e. The second-order valence-electron chi connectivity index (χ2n) is 3.23. The quantitative estimate of drug-likeness (QED) is 0.560. The molecule has 0 nitrogen and oxygen atoms in total. The molecule has 0 aliphatic carbocycles. The summed E-state index contributed by atoms with van der Waals surface area (Å²) in [6.45, 7) is 4.58. The van der Waals surface area contributed by atoms with Gasteiger partial charge in [0, 0.05) is 0 Å². The molecule has 0 atom stereocenters. The molecule has 0 saturated heterocycles. The fourth-order valence-electron chi connectivity index (χ4n) is 1.73. The summed E-state index contributed by atoms with van der Waals surface area (Å²) in [6.07, 6.45) is 9.99. The molecule has 0 aromatic carbocycles. The van der Waals surface area contributed by atoms with E-state index >= 15 is 0 Å². The molecule has 0 amide bonds. The minimum atomic E-state index is -0.708. The maximum Gasteiger partial charge on any atom is -0.0297 e.